The zero-order valence-corrected chi connectivity index (χ0v) is 11.6. The monoisotopic (exact) mass is 262 g/mol. The molecule has 4 heteroatoms. The van der Waals surface area contributed by atoms with Crippen LogP contribution in [0.2, 0.25) is 0 Å². The molecule has 0 aromatic heterocycles. The van der Waals surface area contributed by atoms with Gasteiger partial charge in [-0.25, -0.2) is 4.79 Å². The first-order valence-corrected chi connectivity index (χ1v) is 6.67. The summed E-state index contributed by atoms with van der Waals surface area (Å²) < 4.78 is 4.90. The van der Waals surface area contributed by atoms with Gasteiger partial charge in [-0.2, -0.15) is 0 Å². The fraction of sp³-hybridized carbons (Fsp3) is 0.533. The van der Waals surface area contributed by atoms with Crippen LogP contribution in [0.4, 0.5) is 0 Å². The third-order valence-corrected chi connectivity index (χ3v) is 3.62. The Bertz CT molecular complexity index is 431. The number of ether oxygens (including phenoxy) is 1. The van der Waals surface area contributed by atoms with Gasteiger partial charge in [-0.3, -0.25) is 0 Å². The molecule has 1 atom stereocenters. The number of likely N-dealkylation sites (N-methyl/N-ethyl adjacent to an activating group) is 1. The van der Waals surface area contributed by atoms with Crippen molar-refractivity contribution in [2.24, 2.45) is 11.7 Å². The molecular weight excluding hydrogens is 240 g/mol. The molecule has 1 aromatic carbocycles. The van der Waals surface area contributed by atoms with Crippen LogP contribution in [-0.2, 0) is 15.1 Å². The minimum absolute atomic E-state index is 0.388. The highest BCUT2D eigenvalue weighted by Gasteiger charge is 2.39. The van der Waals surface area contributed by atoms with Crippen molar-refractivity contribution in [2.75, 3.05) is 27.2 Å². The first kappa shape index (κ1) is 14.0. The molecule has 0 radical (unpaired) electrons. The lowest BCUT2D eigenvalue weighted by atomic mass is 9.90. The summed E-state index contributed by atoms with van der Waals surface area (Å²) in [6, 6.07) is 9.44. The van der Waals surface area contributed by atoms with Crippen molar-refractivity contribution in [1.29, 1.82) is 0 Å². The van der Waals surface area contributed by atoms with Crippen LogP contribution in [0.25, 0.3) is 0 Å². The lowest BCUT2D eigenvalue weighted by Gasteiger charge is -2.31. The predicted molar refractivity (Wildman–Crippen MR) is 74.5 cm³/mol. The Kier molecular flexibility index (Phi) is 4.22. The molecule has 2 N–H and O–H groups in total. The van der Waals surface area contributed by atoms with Crippen LogP contribution < -0.4 is 5.73 Å². The Labute approximate surface area is 114 Å². The van der Waals surface area contributed by atoms with Crippen molar-refractivity contribution in [3.63, 3.8) is 0 Å². The second kappa shape index (κ2) is 5.72. The predicted octanol–water partition coefficient (Wildman–Crippen LogP) is 1.36. The lowest BCUT2D eigenvalue weighted by Crippen LogP contribution is -2.53. The van der Waals surface area contributed by atoms with Crippen LogP contribution in [0.1, 0.15) is 18.4 Å². The van der Waals surface area contributed by atoms with Crippen molar-refractivity contribution in [3.05, 3.63) is 35.9 Å². The van der Waals surface area contributed by atoms with Crippen molar-refractivity contribution in [1.82, 2.24) is 4.90 Å². The van der Waals surface area contributed by atoms with Crippen molar-refractivity contribution in [2.45, 2.75) is 18.4 Å². The molecule has 1 aromatic rings. The van der Waals surface area contributed by atoms with E-state index >= 15 is 0 Å². The molecule has 104 valence electrons. The molecule has 4 nitrogen and oxygen atoms in total. The van der Waals surface area contributed by atoms with Gasteiger partial charge in [-0.1, -0.05) is 30.3 Å². The SMILES string of the molecule is COC(=O)C(N)(CN(C)CC1CC1)c1ccccc1. The van der Waals surface area contributed by atoms with Gasteiger partial charge in [0.1, 0.15) is 0 Å². The van der Waals surface area contributed by atoms with Gasteiger partial charge < -0.3 is 15.4 Å². The fourth-order valence-corrected chi connectivity index (χ4v) is 2.42. The summed E-state index contributed by atoms with van der Waals surface area (Å²) in [5.41, 5.74) is 6.05. The summed E-state index contributed by atoms with van der Waals surface area (Å²) >= 11 is 0. The number of esters is 1. The van der Waals surface area contributed by atoms with Gasteiger partial charge in [0, 0.05) is 13.1 Å². The van der Waals surface area contributed by atoms with Crippen LogP contribution in [0.5, 0.6) is 0 Å². The van der Waals surface area contributed by atoms with E-state index in [-0.39, 0.29) is 5.97 Å². The minimum atomic E-state index is -1.10. The van der Waals surface area contributed by atoms with E-state index < -0.39 is 5.54 Å². The second-order valence-electron chi connectivity index (χ2n) is 5.47. The number of methoxy groups -OCH3 is 1. The fourth-order valence-electron chi connectivity index (χ4n) is 2.42. The molecule has 1 fully saturated rings. The summed E-state index contributed by atoms with van der Waals surface area (Å²) in [6.45, 7) is 1.46. The highest BCUT2D eigenvalue weighted by Crippen LogP contribution is 2.30. The van der Waals surface area contributed by atoms with Gasteiger partial charge >= 0.3 is 5.97 Å². The summed E-state index contributed by atoms with van der Waals surface area (Å²) in [7, 11) is 3.39. The number of hydrogen-bond donors (Lipinski definition) is 1. The van der Waals surface area contributed by atoms with Crippen LogP contribution in [0.3, 0.4) is 0 Å². The Hall–Kier alpha value is -1.39. The number of carbonyl (C=O) groups excluding carboxylic acids is 1. The van der Waals surface area contributed by atoms with Gasteiger partial charge in [-0.05, 0) is 31.4 Å². The van der Waals surface area contributed by atoms with Gasteiger partial charge in [-0.15, -0.1) is 0 Å². The van der Waals surface area contributed by atoms with Gasteiger partial charge in [0.2, 0.25) is 0 Å². The van der Waals surface area contributed by atoms with E-state index in [1.165, 1.54) is 20.0 Å². The normalized spacial score (nSPS) is 18.1. The largest absolute Gasteiger partial charge is 0.467 e. The molecule has 0 spiro atoms. The molecule has 0 aliphatic heterocycles. The number of hydrogen-bond acceptors (Lipinski definition) is 4. The molecule has 19 heavy (non-hydrogen) atoms. The van der Waals surface area contributed by atoms with E-state index in [0.717, 1.165) is 18.0 Å². The van der Waals surface area contributed by atoms with Gasteiger partial charge in [0.25, 0.3) is 0 Å². The lowest BCUT2D eigenvalue weighted by molar-refractivity contribution is -0.148. The number of benzene rings is 1. The molecule has 0 bridgehead atoms. The summed E-state index contributed by atoms with van der Waals surface area (Å²) in [5, 5.41) is 0. The number of nitrogens with two attached hydrogens (primary N) is 1. The topological polar surface area (TPSA) is 55.6 Å². The first-order chi connectivity index (χ1) is 9.06. The number of nitrogens with zero attached hydrogens (tertiary/aromatic N) is 1. The minimum Gasteiger partial charge on any atom is -0.467 e. The zero-order valence-electron chi connectivity index (χ0n) is 11.6. The van der Waals surface area contributed by atoms with E-state index in [4.69, 9.17) is 10.5 Å². The van der Waals surface area contributed by atoms with Crippen molar-refractivity contribution in [3.8, 4) is 0 Å². The molecular formula is C15H22N2O2. The summed E-state index contributed by atoms with van der Waals surface area (Å²) in [5.74, 6) is 0.379. The zero-order chi connectivity index (χ0) is 13.9. The van der Waals surface area contributed by atoms with E-state index in [2.05, 4.69) is 4.90 Å². The Balaban J connectivity index is 2.16. The molecule has 0 amide bonds. The molecule has 1 unspecified atom stereocenters. The molecule has 1 saturated carbocycles. The maximum atomic E-state index is 12.1. The van der Waals surface area contributed by atoms with E-state index in [9.17, 15) is 4.79 Å². The molecule has 0 heterocycles. The van der Waals surface area contributed by atoms with Crippen LogP contribution in [0.15, 0.2) is 30.3 Å². The summed E-state index contributed by atoms with van der Waals surface area (Å²) in [4.78, 5) is 14.2. The van der Waals surface area contributed by atoms with Crippen LogP contribution >= 0.6 is 0 Å². The van der Waals surface area contributed by atoms with Gasteiger partial charge in [0.15, 0.2) is 5.54 Å². The summed E-state index contributed by atoms with van der Waals surface area (Å²) in [6.07, 6.45) is 2.57. The Morgan fingerprint density at radius 2 is 2.05 bits per heavy atom. The van der Waals surface area contributed by atoms with Crippen LogP contribution in [-0.4, -0.2) is 38.1 Å². The smallest absolute Gasteiger partial charge is 0.331 e. The van der Waals surface area contributed by atoms with E-state index in [0.29, 0.717) is 6.54 Å². The number of rotatable bonds is 6. The molecule has 1 aliphatic rings. The molecule has 1 aliphatic carbocycles. The molecule has 2 rings (SSSR count). The highest BCUT2D eigenvalue weighted by molar-refractivity contribution is 5.82. The van der Waals surface area contributed by atoms with Crippen LogP contribution in [0, 0.1) is 5.92 Å². The number of carbonyl (C=O) groups is 1. The van der Waals surface area contributed by atoms with E-state index in [1.807, 2.05) is 37.4 Å². The molecule has 0 saturated heterocycles. The third kappa shape index (κ3) is 3.33. The maximum Gasteiger partial charge on any atom is 0.331 e. The van der Waals surface area contributed by atoms with E-state index in [1.54, 1.807) is 0 Å². The second-order valence-corrected chi connectivity index (χ2v) is 5.47. The Morgan fingerprint density at radius 1 is 1.42 bits per heavy atom. The van der Waals surface area contributed by atoms with Crippen molar-refractivity contribution >= 4 is 5.97 Å². The van der Waals surface area contributed by atoms with Gasteiger partial charge in [0.05, 0.1) is 7.11 Å². The third-order valence-electron chi connectivity index (χ3n) is 3.62. The quantitative estimate of drug-likeness (QED) is 0.786. The standard InChI is InChI=1S/C15H22N2O2/c1-17(10-12-8-9-12)11-15(16,14(18)19-2)13-6-4-3-5-7-13/h3-7,12H,8-11,16H2,1-2H3. The first-order valence-electron chi connectivity index (χ1n) is 6.67. The average Bonchev–Trinajstić information content (AvgIpc) is 3.22. The highest BCUT2D eigenvalue weighted by atomic mass is 16.5. The Morgan fingerprint density at radius 3 is 2.58 bits per heavy atom. The maximum absolute atomic E-state index is 12.1. The van der Waals surface area contributed by atoms with Crippen molar-refractivity contribution < 1.29 is 9.53 Å². The average molecular weight is 262 g/mol.